The van der Waals surface area contributed by atoms with Crippen molar-refractivity contribution in [2.24, 2.45) is 4.99 Å². The van der Waals surface area contributed by atoms with Crippen molar-refractivity contribution in [3.05, 3.63) is 23.8 Å². The van der Waals surface area contributed by atoms with Crippen LogP contribution in [0.3, 0.4) is 0 Å². The summed E-state index contributed by atoms with van der Waals surface area (Å²) in [7, 11) is 3.12. The lowest BCUT2D eigenvalue weighted by Gasteiger charge is -2.16. The lowest BCUT2D eigenvalue weighted by atomic mass is 10.2. The van der Waals surface area contributed by atoms with Gasteiger partial charge in [0.05, 0.1) is 7.11 Å². The Kier molecular flexibility index (Phi) is 7.42. The highest BCUT2D eigenvalue weighted by molar-refractivity contribution is 8.00. The van der Waals surface area contributed by atoms with E-state index in [1.807, 2.05) is 11.8 Å². The molecule has 1 aromatic carbocycles. The molecule has 0 aromatic heterocycles. The monoisotopic (exact) mass is 359 g/mol. The normalized spacial score (nSPS) is 17.9. The molecule has 0 radical (unpaired) electrons. The molecular formula is C16H23F2N3O2S. The molecule has 2 N–H and O–H groups in total. The maximum Gasteiger partial charge on any atom is 0.387 e. The minimum atomic E-state index is -2.89. The summed E-state index contributed by atoms with van der Waals surface area (Å²) in [5.74, 6) is 2.21. The Bertz CT molecular complexity index is 552. The molecule has 0 saturated carbocycles. The fourth-order valence-electron chi connectivity index (χ4n) is 2.44. The van der Waals surface area contributed by atoms with Crippen molar-refractivity contribution >= 4 is 17.7 Å². The van der Waals surface area contributed by atoms with E-state index >= 15 is 0 Å². The zero-order valence-electron chi connectivity index (χ0n) is 13.9. The molecule has 24 heavy (non-hydrogen) atoms. The van der Waals surface area contributed by atoms with Gasteiger partial charge in [-0.2, -0.15) is 20.5 Å². The molecule has 8 heteroatoms. The minimum Gasteiger partial charge on any atom is -0.493 e. The van der Waals surface area contributed by atoms with Gasteiger partial charge in [0, 0.05) is 25.4 Å². The van der Waals surface area contributed by atoms with Gasteiger partial charge in [0.25, 0.3) is 0 Å². The van der Waals surface area contributed by atoms with Crippen molar-refractivity contribution in [3.8, 4) is 11.5 Å². The number of ether oxygens (including phenoxy) is 2. The third kappa shape index (κ3) is 5.74. The van der Waals surface area contributed by atoms with Crippen LogP contribution in [0.2, 0.25) is 0 Å². The second-order valence-corrected chi connectivity index (χ2v) is 6.71. The first kappa shape index (κ1) is 18.6. The molecule has 1 fully saturated rings. The Labute approximate surface area is 145 Å². The zero-order chi connectivity index (χ0) is 17.4. The lowest BCUT2D eigenvalue weighted by molar-refractivity contribution is -0.0512. The fourth-order valence-corrected chi connectivity index (χ4v) is 3.64. The summed E-state index contributed by atoms with van der Waals surface area (Å²) in [5, 5.41) is 7.09. The molecule has 0 bridgehead atoms. The van der Waals surface area contributed by atoms with E-state index in [-0.39, 0.29) is 11.5 Å². The van der Waals surface area contributed by atoms with Crippen LogP contribution in [0, 0.1) is 0 Å². The van der Waals surface area contributed by atoms with Gasteiger partial charge in [-0.05, 0) is 36.3 Å². The van der Waals surface area contributed by atoms with E-state index in [0.29, 0.717) is 17.8 Å². The lowest BCUT2D eigenvalue weighted by Crippen LogP contribution is -2.39. The Morgan fingerprint density at radius 3 is 2.83 bits per heavy atom. The number of guanidine groups is 1. The van der Waals surface area contributed by atoms with Gasteiger partial charge >= 0.3 is 6.61 Å². The molecule has 1 heterocycles. The molecule has 1 saturated heterocycles. The zero-order valence-corrected chi connectivity index (χ0v) is 14.7. The van der Waals surface area contributed by atoms with E-state index in [1.165, 1.54) is 31.8 Å². The van der Waals surface area contributed by atoms with Crippen LogP contribution in [0.15, 0.2) is 23.2 Å². The molecule has 0 amide bonds. The van der Waals surface area contributed by atoms with Crippen LogP contribution in [0.1, 0.15) is 18.4 Å². The fraction of sp³-hybridized carbons (Fsp3) is 0.562. The van der Waals surface area contributed by atoms with Crippen molar-refractivity contribution < 1.29 is 18.3 Å². The number of benzene rings is 1. The quantitative estimate of drug-likeness (QED) is 0.579. The summed E-state index contributed by atoms with van der Waals surface area (Å²) in [5.41, 5.74) is 0.796. The first-order valence-electron chi connectivity index (χ1n) is 7.80. The maximum absolute atomic E-state index is 12.5. The van der Waals surface area contributed by atoms with Crippen LogP contribution in [0.4, 0.5) is 8.78 Å². The number of thioether (sulfide) groups is 1. The van der Waals surface area contributed by atoms with E-state index in [4.69, 9.17) is 4.74 Å². The summed E-state index contributed by atoms with van der Waals surface area (Å²) in [6.45, 7) is -1.58. The highest BCUT2D eigenvalue weighted by Gasteiger charge is 2.16. The van der Waals surface area contributed by atoms with Crippen LogP contribution in [-0.4, -0.2) is 44.3 Å². The van der Waals surface area contributed by atoms with Gasteiger partial charge < -0.3 is 20.1 Å². The van der Waals surface area contributed by atoms with E-state index in [1.54, 1.807) is 19.2 Å². The minimum absolute atomic E-state index is 0.0251. The first-order chi connectivity index (χ1) is 11.6. The molecule has 1 aliphatic rings. The molecule has 5 nitrogen and oxygen atoms in total. The smallest absolute Gasteiger partial charge is 0.387 e. The number of rotatable bonds is 7. The molecule has 1 atom stereocenters. The number of hydrogen-bond donors (Lipinski definition) is 2. The van der Waals surface area contributed by atoms with Gasteiger partial charge in [-0.25, -0.2) is 0 Å². The number of alkyl halides is 2. The van der Waals surface area contributed by atoms with E-state index < -0.39 is 6.61 Å². The Balaban J connectivity index is 1.89. The van der Waals surface area contributed by atoms with Gasteiger partial charge in [-0.1, -0.05) is 6.07 Å². The van der Waals surface area contributed by atoms with Crippen molar-refractivity contribution in [1.29, 1.82) is 0 Å². The van der Waals surface area contributed by atoms with Crippen LogP contribution in [0.25, 0.3) is 0 Å². The second-order valence-electron chi connectivity index (χ2n) is 5.31. The third-order valence-corrected chi connectivity index (χ3v) is 5.05. The Morgan fingerprint density at radius 1 is 1.38 bits per heavy atom. The summed E-state index contributed by atoms with van der Waals surface area (Å²) in [6.07, 6.45) is 2.49. The molecule has 134 valence electrons. The highest BCUT2D eigenvalue weighted by Crippen LogP contribution is 2.29. The molecule has 1 aliphatic heterocycles. The van der Waals surface area contributed by atoms with Gasteiger partial charge in [0.2, 0.25) is 0 Å². The highest BCUT2D eigenvalue weighted by atomic mass is 32.2. The SMILES string of the molecule is CN=C(NCc1ccc(OC)c(OC(F)F)c1)NCC1CCCS1. The van der Waals surface area contributed by atoms with Gasteiger partial charge in [0.1, 0.15) is 0 Å². The molecule has 0 aliphatic carbocycles. The topological polar surface area (TPSA) is 54.9 Å². The predicted octanol–water partition coefficient (Wildman–Crippen LogP) is 2.86. The Morgan fingerprint density at radius 2 is 2.21 bits per heavy atom. The standard InChI is InChI=1S/C16H23F2N3O2S/c1-19-16(21-10-12-4-3-7-24-12)20-9-11-5-6-13(22-2)14(8-11)23-15(17)18/h5-6,8,12,15H,3-4,7,9-10H2,1-2H3,(H2,19,20,21). The summed E-state index contributed by atoms with van der Waals surface area (Å²) >= 11 is 1.97. The number of hydrogen-bond acceptors (Lipinski definition) is 4. The van der Waals surface area contributed by atoms with E-state index in [9.17, 15) is 8.78 Å². The average Bonchev–Trinajstić information content (AvgIpc) is 3.08. The summed E-state index contributed by atoms with van der Waals surface area (Å²) in [4.78, 5) is 4.18. The number of nitrogens with zero attached hydrogens (tertiary/aromatic N) is 1. The summed E-state index contributed by atoms with van der Waals surface area (Å²) < 4.78 is 34.4. The number of nitrogens with one attached hydrogen (secondary N) is 2. The van der Waals surface area contributed by atoms with E-state index in [0.717, 1.165) is 12.1 Å². The van der Waals surface area contributed by atoms with Crippen LogP contribution in [0.5, 0.6) is 11.5 Å². The third-order valence-electron chi connectivity index (χ3n) is 3.65. The summed E-state index contributed by atoms with van der Waals surface area (Å²) in [6, 6.07) is 4.95. The molecular weight excluding hydrogens is 336 g/mol. The molecule has 1 aromatic rings. The van der Waals surface area contributed by atoms with Crippen LogP contribution in [-0.2, 0) is 6.54 Å². The van der Waals surface area contributed by atoms with Crippen LogP contribution < -0.4 is 20.1 Å². The number of aliphatic imine (C=N–C) groups is 1. The van der Waals surface area contributed by atoms with Crippen molar-refractivity contribution in [3.63, 3.8) is 0 Å². The van der Waals surface area contributed by atoms with Crippen LogP contribution >= 0.6 is 11.8 Å². The van der Waals surface area contributed by atoms with Gasteiger partial charge in [-0.15, -0.1) is 0 Å². The molecule has 0 spiro atoms. The predicted molar refractivity (Wildman–Crippen MR) is 93.3 cm³/mol. The van der Waals surface area contributed by atoms with Crippen molar-refractivity contribution in [2.45, 2.75) is 31.2 Å². The van der Waals surface area contributed by atoms with E-state index in [2.05, 4.69) is 20.4 Å². The van der Waals surface area contributed by atoms with Crippen molar-refractivity contribution in [1.82, 2.24) is 10.6 Å². The Hall–Kier alpha value is -1.70. The first-order valence-corrected chi connectivity index (χ1v) is 8.85. The average molecular weight is 359 g/mol. The number of halogens is 2. The van der Waals surface area contributed by atoms with Gasteiger partial charge in [-0.3, -0.25) is 4.99 Å². The second kappa shape index (κ2) is 9.56. The molecule has 2 rings (SSSR count). The number of methoxy groups -OCH3 is 1. The van der Waals surface area contributed by atoms with Crippen molar-refractivity contribution in [2.75, 3.05) is 26.5 Å². The maximum atomic E-state index is 12.5. The van der Waals surface area contributed by atoms with Gasteiger partial charge in [0.15, 0.2) is 17.5 Å². The largest absolute Gasteiger partial charge is 0.493 e. The molecule has 1 unspecified atom stereocenters.